The molecule has 1 saturated heterocycles. The number of aromatic nitrogens is 3. The van der Waals surface area contributed by atoms with Gasteiger partial charge in [0.25, 0.3) is 0 Å². The van der Waals surface area contributed by atoms with Crippen molar-refractivity contribution in [3.63, 3.8) is 0 Å². The molecular formula is C22H21N5S. The van der Waals surface area contributed by atoms with Crippen molar-refractivity contribution in [3.05, 3.63) is 71.9 Å². The van der Waals surface area contributed by atoms with Gasteiger partial charge in [0.05, 0.1) is 10.4 Å². The van der Waals surface area contributed by atoms with Crippen molar-refractivity contribution in [1.82, 2.24) is 19.9 Å². The molecule has 4 aromatic rings. The molecule has 0 aliphatic carbocycles. The van der Waals surface area contributed by atoms with Gasteiger partial charge in [0, 0.05) is 50.5 Å². The van der Waals surface area contributed by atoms with E-state index in [-0.39, 0.29) is 0 Å². The summed E-state index contributed by atoms with van der Waals surface area (Å²) in [6.07, 6.45) is 3.78. The van der Waals surface area contributed by atoms with Crippen LogP contribution in [0.2, 0.25) is 0 Å². The van der Waals surface area contributed by atoms with E-state index in [1.165, 1.54) is 5.56 Å². The van der Waals surface area contributed by atoms with Gasteiger partial charge >= 0.3 is 0 Å². The van der Waals surface area contributed by atoms with E-state index in [0.717, 1.165) is 60.1 Å². The van der Waals surface area contributed by atoms with Gasteiger partial charge in [-0.2, -0.15) is 0 Å². The van der Waals surface area contributed by atoms with Gasteiger partial charge in [0.2, 0.25) is 0 Å². The zero-order chi connectivity index (χ0) is 18.8. The van der Waals surface area contributed by atoms with E-state index in [9.17, 15) is 0 Å². The lowest BCUT2D eigenvalue weighted by molar-refractivity contribution is 0.249. The summed E-state index contributed by atoms with van der Waals surface area (Å²) in [6.45, 7) is 4.91. The molecule has 5 nitrogen and oxygen atoms in total. The molecule has 0 N–H and O–H groups in total. The number of para-hydroxylation sites is 1. The quantitative estimate of drug-likeness (QED) is 0.528. The topological polar surface area (TPSA) is 45.2 Å². The number of nitrogens with zero attached hydrogens (tertiary/aromatic N) is 5. The lowest BCUT2D eigenvalue weighted by atomic mass is 10.2. The first-order valence-electron chi connectivity index (χ1n) is 9.54. The smallest absolute Gasteiger partial charge is 0.172 e. The lowest BCUT2D eigenvalue weighted by Crippen LogP contribution is -2.46. The summed E-state index contributed by atoms with van der Waals surface area (Å²) in [5, 5.41) is 3.20. The minimum atomic E-state index is 0.821. The first-order chi connectivity index (χ1) is 13.9. The van der Waals surface area contributed by atoms with Crippen LogP contribution in [0.5, 0.6) is 0 Å². The largest absolute Gasteiger partial charge is 0.353 e. The molecule has 1 aromatic carbocycles. The Bertz CT molecular complexity index is 1060. The number of benzene rings is 1. The third-order valence-electron chi connectivity index (χ3n) is 5.13. The van der Waals surface area contributed by atoms with Gasteiger partial charge < -0.3 is 4.90 Å². The highest BCUT2D eigenvalue weighted by Crippen LogP contribution is 2.30. The molecular weight excluding hydrogens is 366 g/mol. The maximum Gasteiger partial charge on any atom is 0.172 e. The highest BCUT2D eigenvalue weighted by atomic mass is 32.1. The summed E-state index contributed by atoms with van der Waals surface area (Å²) in [4.78, 5) is 20.0. The van der Waals surface area contributed by atoms with Crippen molar-refractivity contribution < 1.29 is 0 Å². The molecule has 4 heterocycles. The fourth-order valence-electron chi connectivity index (χ4n) is 3.68. The number of pyridine rings is 1. The number of rotatable bonds is 4. The Kier molecular flexibility index (Phi) is 4.72. The number of fused-ring (bicyclic) bond motifs is 1. The Hall–Kier alpha value is -2.83. The Morgan fingerprint density at radius 2 is 1.79 bits per heavy atom. The predicted octanol–water partition coefficient (Wildman–Crippen LogP) is 4.08. The third-order valence-corrected chi connectivity index (χ3v) is 5.99. The average molecular weight is 388 g/mol. The lowest BCUT2D eigenvalue weighted by Gasteiger charge is -2.35. The average Bonchev–Trinajstić information content (AvgIpc) is 3.29. The molecule has 1 aliphatic heterocycles. The Morgan fingerprint density at radius 1 is 0.893 bits per heavy atom. The van der Waals surface area contributed by atoms with E-state index in [1.54, 1.807) is 11.3 Å². The molecule has 0 radical (unpaired) electrons. The summed E-state index contributed by atoms with van der Waals surface area (Å²) in [5.74, 6) is 1.87. The van der Waals surface area contributed by atoms with Crippen LogP contribution in [0.1, 0.15) is 5.56 Å². The molecule has 140 valence electrons. The van der Waals surface area contributed by atoms with Crippen LogP contribution >= 0.6 is 11.3 Å². The molecule has 0 saturated carbocycles. The van der Waals surface area contributed by atoms with Gasteiger partial charge in [-0.15, -0.1) is 11.3 Å². The number of hydrogen-bond acceptors (Lipinski definition) is 6. The SMILES string of the molecule is c1cncc(CN2CCN(c3nc(-c4cccs4)nc4ccccc34)CC2)c1. The maximum absolute atomic E-state index is 4.97. The predicted molar refractivity (Wildman–Crippen MR) is 115 cm³/mol. The van der Waals surface area contributed by atoms with Crippen LogP contribution < -0.4 is 4.90 Å². The standard InChI is InChI=1S/C22H21N5S/c1-2-7-19-18(6-1)22(25-21(24-19)20-8-4-14-28-20)27-12-10-26(11-13-27)16-17-5-3-9-23-15-17/h1-9,14-15H,10-13,16H2. The summed E-state index contributed by atoms with van der Waals surface area (Å²) in [6, 6.07) is 16.6. The Balaban J connectivity index is 1.40. The third kappa shape index (κ3) is 3.48. The van der Waals surface area contributed by atoms with Crippen molar-refractivity contribution in [2.45, 2.75) is 6.54 Å². The van der Waals surface area contributed by atoms with Crippen molar-refractivity contribution in [1.29, 1.82) is 0 Å². The molecule has 0 bridgehead atoms. The molecule has 0 atom stereocenters. The minimum Gasteiger partial charge on any atom is -0.353 e. The summed E-state index contributed by atoms with van der Waals surface area (Å²) in [5.41, 5.74) is 2.28. The van der Waals surface area contributed by atoms with Gasteiger partial charge in [0.15, 0.2) is 5.82 Å². The van der Waals surface area contributed by atoms with Crippen molar-refractivity contribution in [3.8, 4) is 10.7 Å². The van der Waals surface area contributed by atoms with Crippen LogP contribution in [0.4, 0.5) is 5.82 Å². The number of hydrogen-bond donors (Lipinski definition) is 0. The molecule has 6 heteroatoms. The van der Waals surface area contributed by atoms with Crippen molar-refractivity contribution in [2.24, 2.45) is 0 Å². The van der Waals surface area contributed by atoms with E-state index in [2.05, 4.69) is 56.6 Å². The highest BCUT2D eigenvalue weighted by Gasteiger charge is 2.21. The normalized spacial score (nSPS) is 15.2. The van der Waals surface area contributed by atoms with E-state index in [0.29, 0.717) is 0 Å². The first-order valence-corrected chi connectivity index (χ1v) is 10.4. The Labute approximate surface area is 168 Å². The molecule has 1 fully saturated rings. The van der Waals surface area contributed by atoms with Crippen molar-refractivity contribution >= 4 is 28.1 Å². The first kappa shape index (κ1) is 17.3. The highest BCUT2D eigenvalue weighted by molar-refractivity contribution is 7.13. The van der Waals surface area contributed by atoms with Crippen LogP contribution in [-0.2, 0) is 6.54 Å². The van der Waals surface area contributed by atoms with E-state index >= 15 is 0 Å². The monoisotopic (exact) mass is 387 g/mol. The zero-order valence-electron chi connectivity index (χ0n) is 15.5. The van der Waals surface area contributed by atoms with Crippen LogP contribution in [0.3, 0.4) is 0 Å². The summed E-state index contributed by atoms with van der Waals surface area (Å²) >= 11 is 1.68. The van der Waals surface area contributed by atoms with Crippen LogP contribution in [0.15, 0.2) is 66.3 Å². The maximum atomic E-state index is 4.97. The van der Waals surface area contributed by atoms with E-state index in [1.807, 2.05) is 24.5 Å². The molecule has 0 amide bonds. The molecule has 3 aromatic heterocycles. The van der Waals surface area contributed by atoms with Gasteiger partial charge in [-0.3, -0.25) is 9.88 Å². The van der Waals surface area contributed by atoms with Crippen LogP contribution in [0, 0.1) is 0 Å². The van der Waals surface area contributed by atoms with Crippen molar-refractivity contribution in [2.75, 3.05) is 31.1 Å². The molecule has 28 heavy (non-hydrogen) atoms. The fraction of sp³-hybridized carbons (Fsp3) is 0.227. The second kappa shape index (κ2) is 7.66. The number of anilines is 1. The molecule has 0 spiro atoms. The van der Waals surface area contributed by atoms with E-state index in [4.69, 9.17) is 9.97 Å². The van der Waals surface area contributed by atoms with Gasteiger partial charge in [-0.25, -0.2) is 9.97 Å². The summed E-state index contributed by atoms with van der Waals surface area (Å²) in [7, 11) is 0. The van der Waals surface area contributed by atoms with Gasteiger partial charge in [-0.05, 0) is 35.2 Å². The number of piperazine rings is 1. The number of thiophene rings is 1. The molecule has 0 unspecified atom stereocenters. The zero-order valence-corrected chi connectivity index (χ0v) is 16.3. The fourth-order valence-corrected chi connectivity index (χ4v) is 4.34. The van der Waals surface area contributed by atoms with Crippen LogP contribution in [0.25, 0.3) is 21.6 Å². The van der Waals surface area contributed by atoms with Gasteiger partial charge in [-0.1, -0.05) is 24.3 Å². The minimum absolute atomic E-state index is 0.821. The second-order valence-corrected chi connectivity index (χ2v) is 7.94. The van der Waals surface area contributed by atoms with E-state index < -0.39 is 0 Å². The Morgan fingerprint density at radius 3 is 2.57 bits per heavy atom. The summed E-state index contributed by atoms with van der Waals surface area (Å²) < 4.78 is 0. The second-order valence-electron chi connectivity index (χ2n) is 6.99. The van der Waals surface area contributed by atoms with Crippen LogP contribution in [-0.4, -0.2) is 46.0 Å². The molecule has 1 aliphatic rings. The van der Waals surface area contributed by atoms with Gasteiger partial charge in [0.1, 0.15) is 5.82 Å². The molecule has 5 rings (SSSR count).